The number of carbonyl (C=O) groups is 2. The van der Waals surface area contributed by atoms with Crippen LogP contribution < -0.4 is 14.2 Å². The van der Waals surface area contributed by atoms with Crippen molar-refractivity contribution in [2.75, 3.05) is 16.6 Å². The van der Waals surface area contributed by atoms with Gasteiger partial charge in [-0.2, -0.15) is 0 Å². The zero-order valence-electron chi connectivity index (χ0n) is 36.4. The van der Waals surface area contributed by atoms with Gasteiger partial charge in [-0.1, -0.05) is 78.9 Å². The number of para-hydroxylation sites is 2. The quantitative estimate of drug-likeness (QED) is 0.0694. The van der Waals surface area contributed by atoms with Crippen molar-refractivity contribution in [2.45, 2.75) is 82.9 Å². The number of carboxylic acid groups (broad SMARTS) is 2. The van der Waals surface area contributed by atoms with Crippen molar-refractivity contribution >= 4 is 43.4 Å². The second kappa shape index (κ2) is 21.1. The van der Waals surface area contributed by atoms with Crippen molar-refractivity contribution < 1.29 is 41.4 Å². The summed E-state index contributed by atoms with van der Waals surface area (Å²) >= 11 is 0. The second-order valence-electron chi connectivity index (χ2n) is 15.3. The predicted molar refractivity (Wildman–Crippen MR) is 248 cm³/mol. The van der Waals surface area contributed by atoms with Crippen LogP contribution in [0.2, 0.25) is 0 Å². The highest BCUT2D eigenvalue weighted by Gasteiger charge is 2.25. The zero-order valence-corrected chi connectivity index (χ0v) is 38.0. The van der Waals surface area contributed by atoms with Gasteiger partial charge in [-0.25, -0.2) is 26.4 Å². The van der Waals surface area contributed by atoms with Gasteiger partial charge < -0.3 is 14.9 Å². The molecule has 0 saturated heterocycles. The Bertz CT molecular complexity index is 2810. The fourth-order valence-corrected chi connectivity index (χ4v) is 10.4. The van der Waals surface area contributed by atoms with Gasteiger partial charge >= 0.3 is 11.9 Å². The summed E-state index contributed by atoms with van der Waals surface area (Å²) in [6.45, 7) is 9.65. The van der Waals surface area contributed by atoms with Crippen LogP contribution in [0.25, 0.3) is 0 Å². The molecule has 0 saturated carbocycles. The Kier molecular flexibility index (Phi) is 15.9. The van der Waals surface area contributed by atoms with Crippen LogP contribution in [-0.4, -0.2) is 46.1 Å². The van der Waals surface area contributed by atoms with E-state index in [1.807, 2.05) is 83.1 Å². The van der Waals surface area contributed by atoms with Crippen molar-refractivity contribution in [3.8, 4) is 5.75 Å². The summed E-state index contributed by atoms with van der Waals surface area (Å²) in [5.74, 6) is -1.42. The molecule has 6 aromatic rings. The summed E-state index contributed by atoms with van der Waals surface area (Å²) in [5, 5.41) is 18.7. The van der Waals surface area contributed by atoms with Crippen LogP contribution in [-0.2, 0) is 45.7 Å². The molecule has 6 aromatic carbocycles. The van der Waals surface area contributed by atoms with Gasteiger partial charge in [0.25, 0.3) is 20.0 Å². The first kappa shape index (κ1) is 47.6. The number of methoxy groups -OCH3 is 1. The predicted octanol–water partition coefficient (Wildman–Crippen LogP) is 10.3. The molecule has 0 bridgehead atoms. The Balaban J connectivity index is 0.000000239. The van der Waals surface area contributed by atoms with Crippen molar-refractivity contribution in [3.05, 3.63) is 183 Å². The lowest BCUT2D eigenvalue weighted by Crippen LogP contribution is -2.18. The first-order valence-corrected chi connectivity index (χ1v) is 23.5. The number of ether oxygens (including phenoxy) is 1. The van der Waals surface area contributed by atoms with Gasteiger partial charge in [-0.05, 0) is 160 Å². The minimum absolute atomic E-state index is 0.118. The third-order valence-corrected chi connectivity index (χ3v) is 14.4. The summed E-state index contributed by atoms with van der Waals surface area (Å²) < 4.78 is 63.1. The highest BCUT2D eigenvalue weighted by Crippen LogP contribution is 2.32. The minimum atomic E-state index is -3.78. The SMILES string of the molecule is COc1cccc(S(=O)(=O)Nc2ccccc2CCCc2ccccc2C(=O)O)c1.Cc1c(C)c(C)c(S(=O)(=O)Nc2ccccc2CCCc2ccccc2C(=O)O)c(C)c1C. The molecule has 0 spiro atoms. The van der Waals surface area contributed by atoms with E-state index >= 15 is 0 Å². The topological polar surface area (TPSA) is 176 Å². The molecule has 0 aliphatic rings. The molecule has 0 fully saturated rings. The van der Waals surface area contributed by atoms with Crippen LogP contribution in [0, 0.1) is 34.6 Å². The smallest absolute Gasteiger partial charge is 0.335 e. The number of carboxylic acids is 2. The molecule has 0 aromatic heterocycles. The number of aromatic carboxylic acids is 2. The van der Waals surface area contributed by atoms with Crippen LogP contribution in [0.15, 0.2) is 131 Å². The number of sulfonamides is 2. The summed E-state index contributed by atoms with van der Waals surface area (Å²) in [6, 6.07) is 34.8. The van der Waals surface area contributed by atoms with E-state index in [1.165, 1.54) is 19.2 Å². The van der Waals surface area contributed by atoms with Crippen LogP contribution in [0.3, 0.4) is 0 Å². The van der Waals surface area contributed by atoms with E-state index in [1.54, 1.807) is 60.7 Å². The highest BCUT2D eigenvalue weighted by molar-refractivity contribution is 7.93. The van der Waals surface area contributed by atoms with Gasteiger partial charge in [0.05, 0.1) is 39.4 Å². The van der Waals surface area contributed by atoms with E-state index in [0.717, 1.165) is 50.1 Å². The molecule has 0 atom stereocenters. The number of rotatable bonds is 17. The maximum absolute atomic E-state index is 13.4. The molecule has 0 heterocycles. The monoisotopic (exact) mass is 890 g/mol. The Morgan fingerprint density at radius 2 is 0.873 bits per heavy atom. The van der Waals surface area contributed by atoms with Crippen LogP contribution in [0.4, 0.5) is 11.4 Å². The van der Waals surface area contributed by atoms with Gasteiger partial charge in [-0.15, -0.1) is 0 Å². The lowest BCUT2D eigenvalue weighted by Gasteiger charge is -2.20. The standard InChI is InChI=1S/C27H31NO4S.C23H23NO5S/c1-17-18(2)20(4)26(21(5)19(17)3)33(31,32)28-25-16-9-7-12-23(25)14-10-13-22-11-6-8-15-24(22)27(29)30;1-29-19-12-7-13-20(16-19)30(27,28)24-22-15-5-3-9-18(22)11-6-10-17-8-2-4-14-21(17)23(25)26/h6-9,11-12,15-16,28H,10,13-14H2,1-5H3,(H,29,30);2-5,7-9,12-16,24H,6,10-11H2,1H3,(H,25,26). The van der Waals surface area contributed by atoms with E-state index in [9.17, 15) is 36.6 Å². The summed E-state index contributed by atoms with van der Waals surface area (Å²) in [6.07, 6.45) is 3.78. The van der Waals surface area contributed by atoms with E-state index < -0.39 is 32.0 Å². The molecule has 11 nitrogen and oxygen atoms in total. The minimum Gasteiger partial charge on any atom is -0.497 e. The zero-order chi connectivity index (χ0) is 45.9. The number of aryl methyl sites for hydroxylation is 4. The maximum Gasteiger partial charge on any atom is 0.335 e. The third kappa shape index (κ3) is 11.9. The number of nitrogens with one attached hydrogen (secondary N) is 2. The van der Waals surface area contributed by atoms with E-state index in [2.05, 4.69) is 9.44 Å². The average molecular weight is 891 g/mol. The Morgan fingerprint density at radius 3 is 1.32 bits per heavy atom. The van der Waals surface area contributed by atoms with Crippen molar-refractivity contribution in [1.82, 2.24) is 0 Å². The normalized spacial score (nSPS) is 11.3. The number of benzene rings is 6. The van der Waals surface area contributed by atoms with Gasteiger partial charge in [0, 0.05) is 6.07 Å². The first-order valence-electron chi connectivity index (χ1n) is 20.5. The molecule has 0 aliphatic carbocycles. The van der Waals surface area contributed by atoms with Gasteiger partial charge in [0.15, 0.2) is 0 Å². The first-order chi connectivity index (χ1) is 29.9. The van der Waals surface area contributed by atoms with Gasteiger partial charge in [-0.3, -0.25) is 9.44 Å². The summed E-state index contributed by atoms with van der Waals surface area (Å²) in [4.78, 5) is 23.3. The Hall–Kier alpha value is -6.44. The van der Waals surface area contributed by atoms with Crippen molar-refractivity contribution in [2.24, 2.45) is 0 Å². The summed E-state index contributed by atoms with van der Waals surface area (Å²) in [5.41, 5.74) is 9.56. The summed E-state index contributed by atoms with van der Waals surface area (Å²) in [7, 11) is -6.07. The lowest BCUT2D eigenvalue weighted by molar-refractivity contribution is 0.0684. The molecule has 13 heteroatoms. The molecule has 63 heavy (non-hydrogen) atoms. The third-order valence-electron chi connectivity index (χ3n) is 11.4. The van der Waals surface area contributed by atoms with Crippen molar-refractivity contribution in [1.29, 1.82) is 0 Å². The van der Waals surface area contributed by atoms with Crippen molar-refractivity contribution in [3.63, 3.8) is 0 Å². The number of hydrogen-bond donors (Lipinski definition) is 4. The van der Waals surface area contributed by atoms with Crippen LogP contribution in [0.5, 0.6) is 5.75 Å². The molecule has 4 N–H and O–H groups in total. The molecular weight excluding hydrogens is 837 g/mol. The molecule has 0 unspecified atom stereocenters. The molecule has 6 rings (SSSR count). The molecule has 0 radical (unpaired) electrons. The van der Waals surface area contributed by atoms with E-state index in [4.69, 9.17) is 4.74 Å². The number of hydrogen-bond acceptors (Lipinski definition) is 7. The number of anilines is 2. The van der Waals surface area contributed by atoms with E-state index in [0.29, 0.717) is 71.7 Å². The highest BCUT2D eigenvalue weighted by atomic mass is 32.2. The average Bonchev–Trinajstić information content (AvgIpc) is 3.26. The van der Waals surface area contributed by atoms with Crippen LogP contribution >= 0.6 is 0 Å². The maximum atomic E-state index is 13.4. The molecule has 330 valence electrons. The second-order valence-corrected chi connectivity index (χ2v) is 18.6. The van der Waals surface area contributed by atoms with Gasteiger partial charge in [0.1, 0.15) is 5.75 Å². The molecule has 0 amide bonds. The molecular formula is C50H54N2O9S2. The Morgan fingerprint density at radius 1 is 0.492 bits per heavy atom. The van der Waals surface area contributed by atoms with Crippen LogP contribution in [0.1, 0.15) is 83.6 Å². The fourth-order valence-electron chi connectivity index (χ4n) is 7.54. The largest absolute Gasteiger partial charge is 0.497 e. The fraction of sp³-hybridized carbons (Fsp3) is 0.240. The van der Waals surface area contributed by atoms with Gasteiger partial charge in [0.2, 0.25) is 0 Å². The molecule has 0 aliphatic heterocycles. The lowest BCUT2D eigenvalue weighted by atomic mass is 9.95. The van der Waals surface area contributed by atoms with E-state index in [-0.39, 0.29) is 4.90 Å². The Labute approximate surface area is 370 Å².